The van der Waals surface area contributed by atoms with Gasteiger partial charge in [-0.2, -0.15) is 0 Å². The van der Waals surface area contributed by atoms with Gasteiger partial charge in [0.2, 0.25) is 0 Å². The molecule has 2 aromatic rings. The average Bonchev–Trinajstić information content (AvgIpc) is 2.99. The quantitative estimate of drug-likeness (QED) is 0.907. The topological polar surface area (TPSA) is 58.6 Å². The highest BCUT2D eigenvalue weighted by atomic mass is 32.2. The molecule has 4 nitrogen and oxygen atoms in total. The molecule has 1 unspecified atom stereocenters. The zero-order chi connectivity index (χ0) is 14.7. The van der Waals surface area contributed by atoms with Crippen molar-refractivity contribution in [1.29, 1.82) is 0 Å². The van der Waals surface area contributed by atoms with Gasteiger partial charge >= 0.3 is 5.97 Å². The maximum absolute atomic E-state index is 11.0. The van der Waals surface area contributed by atoms with E-state index in [9.17, 15) is 4.79 Å². The number of nitrogens with one attached hydrogen (secondary N) is 1. The van der Waals surface area contributed by atoms with E-state index in [2.05, 4.69) is 5.32 Å². The van der Waals surface area contributed by atoms with Gasteiger partial charge < -0.3 is 9.84 Å². The summed E-state index contributed by atoms with van der Waals surface area (Å²) in [5.41, 5.74) is 1.03. The maximum atomic E-state index is 11.0. The van der Waals surface area contributed by atoms with Crippen molar-refractivity contribution in [2.24, 2.45) is 0 Å². The fraction of sp³-hybridized carbons (Fsp3) is 0.188. The molecule has 0 bridgehead atoms. The molecule has 2 atom stereocenters. The Morgan fingerprint density at radius 2 is 1.90 bits per heavy atom. The summed E-state index contributed by atoms with van der Waals surface area (Å²) in [5.74, 6) is 1.30. The summed E-state index contributed by atoms with van der Waals surface area (Å²) in [6, 6.07) is 16.8. The van der Waals surface area contributed by atoms with Gasteiger partial charge in [-0.05, 0) is 29.8 Å². The molecule has 1 fully saturated rings. The lowest BCUT2D eigenvalue weighted by Crippen LogP contribution is -2.33. The third-order valence-corrected chi connectivity index (χ3v) is 4.49. The van der Waals surface area contributed by atoms with Crippen LogP contribution in [0.4, 0.5) is 0 Å². The smallest absolute Gasteiger partial charge is 0.321 e. The molecule has 0 saturated carbocycles. The van der Waals surface area contributed by atoms with E-state index in [0.29, 0.717) is 5.75 Å². The van der Waals surface area contributed by atoms with Gasteiger partial charge in [-0.15, -0.1) is 11.8 Å². The molecule has 1 heterocycles. The van der Waals surface area contributed by atoms with Gasteiger partial charge in [-0.25, -0.2) is 0 Å². The van der Waals surface area contributed by atoms with Crippen molar-refractivity contribution in [2.75, 3.05) is 5.75 Å². The summed E-state index contributed by atoms with van der Waals surface area (Å²) in [5, 5.41) is 12.1. The first-order valence-electron chi connectivity index (χ1n) is 6.66. The number of para-hydroxylation sites is 1. The molecule has 2 aromatic carbocycles. The first kappa shape index (κ1) is 14.0. The zero-order valence-corrected chi connectivity index (χ0v) is 12.0. The van der Waals surface area contributed by atoms with E-state index < -0.39 is 12.0 Å². The minimum atomic E-state index is -0.804. The number of aliphatic carboxylic acids is 1. The summed E-state index contributed by atoms with van der Waals surface area (Å²) >= 11 is 1.60. The standard InChI is InChI=1S/C16H15NO3S/c18-16(19)14-10-21-15(17-14)11-5-4-8-13(9-11)20-12-6-2-1-3-7-12/h1-9,14-15,17H,10H2,(H,18,19)/t14-,15?/m1/s1. The summed E-state index contributed by atoms with van der Waals surface area (Å²) in [7, 11) is 0. The second-order valence-corrected chi connectivity index (χ2v) is 5.90. The van der Waals surface area contributed by atoms with Crippen molar-refractivity contribution >= 4 is 17.7 Å². The normalized spacial score (nSPS) is 21.1. The van der Waals surface area contributed by atoms with E-state index in [1.54, 1.807) is 11.8 Å². The largest absolute Gasteiger partial charge is 0.480 e. The molecule has 0 radical (unpaired) electrons. The minimum absolute atomic E-state index is 0.00887. The minimum Gasteiger partial charge on any atom is -0.480 e. The van der Waals surface area contributed by atoms with Crippen molar-refractivity contribution in [2.45, 2.75) is 11.4 Å². The Hall–Kier alpha value is -1.98. The van der Waals surface area contributed by atoms with Crippen molar-refractivity contribution < 1.29 is 14.6 Å². The highest BCUT2D eigenvalue weighted by Crippen LogP contribution is 2.34. The molecule has 2 N–H and O–H groups in total. The number of hydrogen-bond acceptors (Lipinski definition) is 4. The first-order chi connectivity index (χ1) is 10.2. The summed E-state index contributed by atoms with van der Waals surface area (Å²) in [6.45, 7) is 0. The van der Waals surface area contributed by atoms with Gasteiger partial charge in [-0.1, -0.05) is 30.3 Å². The van der Waals surface area contributed by atoms with E-state index in [-0.39, 0.29) is 5.37 Å². The molecule has 108 valence electrons. The number of hydrogen-bond donors (Lipinski definition) is 2. The van der Waals surface area contributed by atoms with Crippen LogP contribution in [-0.4, -0.2) is 22.9 Å². The SMILES string of the molecule is O=C(O)[C@H]1CSC(c2cccc(Oc3ccccc3)c2)N1. The Labute approximate surface area is 127 Å². The molecule has 0 spiro atoms. The monoisotopic (exact) mass is 301 g/mol. The summed E-state index contributed by atoms with van der Waals surface area (Å²) < 4.78 is 5.80. The van der Waals surface area contributed by atoms with Crippen molar-refractivity contribution in [3.8, 4) is 11.5 Å². The molecular formula is C16H15NO3S. The zero-order valence-electron chi connectivity index (χ0n) is 11.2. The van der Waals surface area contributed by atoms with Crippen LogP contribution >= 0.6 is 11.8 Å². The molecule has 21 heavy (non-hydrogen) atoms. The third kappa shape index (κ3) is 3.37. The average molecular weight is 301 g/mol. The predicted octanol–water partition coefficient (Wildman–Crippen LogP) is 3.27. The lowest BCUT2D eigenvalue weighted by atomic mass is 10.2. The Morgan fingerprint density at radius 1 is 1.14 bits per heavy atom. The van der Waals surface area contributed by atoms with Crippen molar-refractivity contribution in [3.05, 3.63) is 60.2 Å². The molecular weight excluding hydrogens is 286 g/mol. The van der Waals surface area contributed by atoms with E-state index in [1.165, 1.54) is 0 Å². The van der Waals surface area contributed by atoms with Crippen LogP contribution in [0.1, 0.15) is 10.9 Å². The van der Waals surface area contributed by atoms with Gasteiger partial charge in [0.25, 0.3) is 0 Å². The van der Waals surface area contributed by atoms with Gasteiger partial charge in [0.15, 0.2) is 0 Å². The predicted molar refractivity (Wildman–Crippen MR) is 82.7 cm³/mol. The van der Waals surface area contributed by atoms with Crippen LogP contribution in [0.5, 0.6) is 11.5 Å². The lowest BCUT2D eigenvalue weighted by molar-refractivity contribution is -0.138. The Bertz CT molecular complexity index is 632. The number of rotatable bonds is 4. The van der Waals surface area contributed by atoms with Crippen LogP contribution in [0, 0.1) is 0 Å². The number of carboxylic acids is 1. The Morgan fingerprint density at radius 3 is 2.62 bits per heavy atom. The number of carboxylic acid groups (broad SMARTS) is 1. The van der Waals surface area contributed by atoms with Crippen LogP contribution < -0.4 is 10.1 Å². The molecule has 1 aliphatic rings. The maximum Gasteiger partial charge on any atom is 0.321 e. The second-order valence-electron chi connectivity index (χ2n) is 4.76. The molecule has 1 aliphatic heterocycles. The van der Waals surface area contributed by atoms with Crippen LogP contribution in [0.25, 0.3) is 0 Å². The molecule has 3 rings (SSSR count). The fourth-order valence-corrected chi connectivity index (χ4v) is 3.40. The van der Waals surface area contributed by atoms with Crippen LogP contribution in [-0.2, 0) is 4.79 Å². The molecule has 0 aromatic heterocycles. The Balaban J connectivity index is 1.73. The van der Waals surface area contributed by atoms with E-state index in [0.717, 1.165) is 17.1 Å². The lowest BCUT2D eigenvalue weighted by Gasteiger charge is -2.13. The van der Waals surface area contributed by atoms with Gasteiger partial charge in [0.1, 0.15) is 17.5 Å². The van der Waals surface area contributed by atoms with Gasteiger partial charge in [0.05, 0.1) is 5.37 Å². The molecule has 5 heteroatoms. The summed E-state index contributed by atoms with van der Waals surface area (Å²) in [6.07, 6.45) is 0. The molecule has 0 aliphatic carbocycles. The third-order valence-electron chi connectivity index (χ3n) is 3.22. The summed E-state index contributed by atoms with van der Waals surface area (Å²) in [4.78, 5) is 11.0. The number of thioether (sulfide) groups is 1. The number of ether oxygens (including phenoxy) is 1. The fourth-order valence-electron chi connectivity index (χ4n) is 2.17. The van der Waals surface area contributed by atoms with E-state index in [4.69, 9.17) is 9.84 Å². The van der Waals surface area contributed by atoms with Crippen LogP contribution in [0.15, 0.2) is 54.6 Å². The first-order valence-corrected chi connectivity index (χ1v) is 7.70. The highest BCUT2D eigenvalue weighted by Gasteiger charge is 2.30. The highest BCUT2D eigenvalue weighted by molar-refractivity contribution is 7.99. The number of carbonyl (C=O) groups is 1. The molecule has 1 saturated heterocycles. The van der Waals surface area contributed by atoms with Crippen molar-refractivity contribution in [3.63, 3.8) is 0 Å². The van der Waals surface area contributed by atoms with Crippen LogP contribution in [0.3, 0.4) is 0 Å². The van der Waals surface area contributed by atoms with E-state index in [1.807, 2.05) is 54.6 Å². The Kier molecular flexibility index (Phi) is 4.13. The number of benzene rings is 2. The van der Waals surface area contributed by atoms with Gasteiger partial charge in [0, 0.05) is 5.75 Å². The molecule has 0 amide bonds. The van der Waals surface area contributed by atoms with Crippen molar-refractivity contribution in [1.82, 2.24) is 5.32 Å². The van der Waals surface area contributed by atoms with Gasteiger partial charge in [-0.3, -0.25) is 10.1 Å². The second kappa shape index (κ2) is 6.20. The van der Waals surface area contributed by atoms with E-state index >= 15 is 0 Å². The van der Waals surface area contributed by atoms with Crippen LogP contribution in [0.2, 0.25) is 0 Å².